The van der Waals surface area contributed by atoms with Gasteiger partial charge in [-0.2, -0.15) is 0 Å². The number of benzene rings is 2. The molecule has 0 amide bonds. The van der Waals surface area contributed by atoms with Gasteiger partial charge in [-0.3, -0.25) is 4.79 Å². The van der Waals surface area contributed by atoms with Gasteiger partial charge in [0.05, 0.1) is 19.9 Å². The molecule has 8 heteroatoms. The van der Waals surface area contributed by atoms with Gasteiger partial charge in [-0.05, 0) is 55.1 Å². The van der Waals surface area contributed by atoms with E-state index in [2.05, 4.69) is 11.9 Å². The zero-order valence-electron chi connectivity index (χ0n) is 19.1. The van der Waals surface area contributed by atoms with Gasteiger partial charge in [-0.1, -0.05) is 11.6 Å². The molecular weight excluding hydrogens is 470 g/mol. The summed E-state index contributed by atoms with van der Waals surface area (Å²) in [5, 5.41) is 1.36. The highest BCUT2D eigenvalue weighted by atomic mass is 35.5. The molecular formula is C26H24ClN3O3S. The largest absolute Gasteiger partial charge is 0.497 e. The molecule has 6 nitrogen and oxygen atoms in total. The van der Waals surface area contributed by atoms with Crippen LogP contribution in [0, 0.1) is 0 Å². The van der Waals surface area contributed by atoms with E-state index < -0.39 is 0 Å². The monoisotopic (exact) mass is 493 g/mol. The van der Waals surface area contributed by atoms with Gasteiger partial charge in [0.25, 0.3) is 0 Å². The molecule has 0 bridgehead atoms. The molecule has 2 aromatic heterocycles. The van der Waals surface area contributed by atoms with Crippen molar-refractivity contribution in [3.8, 4) is 22.6 Å². The van der Waals surface area contributed by atoms with Crippen LogP contribution in [0.5, 0.6) is 11.5 Å². The molecule has 0 spiro atoms. The minimum atomic E-state index is -0.143. The molecule has 0 fully saturated rings. The molecule has 0 atom stereocenters. The second-order valence-corrected chi connectivity index (χ2v) is 9.76. The summed E-state index contributed by atoms with van der Waals surface area (Å²) in [5.74, 6) is 1.28. The standard InChI is InChI=1S/C26H24ClN3O3S/c1-30-11-10-19-18(13-30)21(17-12-16(32-2)8-9-20(17)33-3)22-23(28)25(34-26(22)29-19)24(31)14-4-6-15(27)7-5-14/h4-9,12H,10-11,13,28H2,1-3H3. The number of ether oxygens (including phenoxy) is 2. The van der Waals surface area contributed by atoms with E-state index in [-0.39, 0.29) is 5.78 Å². The van der Waals surface area contributed by atoms with Crippen LogP contribution in [0.3, 0.4) is 0 Å². The normalized spacial score (nSPS) is 13.6. The lowest BCUT2D eigenvalue weighted by Gasteiger charge is -2.27. The number of carbonyl (C=O) groups excluding carboxylic acids is 1. The summed E-state index contributed by atoms with van der Waals surface area (Å²) >= 11 is 7.35. The lowest BCUT2D eigenvalue weighted by Crippen LogP contribution is -2.28. The van der Waals surface area contributed by atoms with Crippen molar-refractivity contribution in [2.24, 2.45) is 0 Å². The van der Waals surface area contributed by atoms with Gasteiger partial charge < -0.3 is 20.1 Å². The average molecular weight is 494 g/mol. The number of methoxy groups -OCH3 is 2. The van der Waals surface area contributed by atoms with Gasteiger partial charge in [0.15, 0.2) is 0 Å². The lowest BCUT2D eigenvalue weighted by atomic mass is 9.91. The maximum Gasteiger partial charge on any atom is 0.205 e. The summed E-state index contributed by atoms with van der Waals surface area (Å²) < 4.78 is 11.3. The molecule has 4 aromatic rings. The maximum absolute atomic E-state index is 13.4. The van der Waals surface area contributed by atoms with E-state index in [0.717, 1.165) is 52.1 Å². The first-order chi connectivity index (χ1) is 16.4. The van der Waals surface area contributed by atoms with Crippen molar-refractivity contribution < 1.29 is 14.3 Å². The highest BCUT2D eigenvalue weighted by Gasteiger charge is 2.28. The van der Waals surface area contributed by atoms with Crippen molar-refractivity contribution in [3.63, 3.8) is 0 Å². The van der Waals surface area contributed by atoms with E-state index in [1.165, 1.54) is 11.3 Å². The number of nitrogens with zero attached hydrogens (tertiary/aromatic N) is 2. The third-order valence-corrected chi connectivity index (χ3v) is 7.56. The van der Waals surface area contributed by atoms with E-state index in [9.17, 15) is 4.79 Å². The molecule has 1 aliphatic heterocycles. The van der Waals surface area contributed by atoms with Crippen molar-refractivity contribution in [1.82, 2.24) is 9.88 Å². The van der Waals surface area contributed by atoms with E-state index in [1.54, 1.807) is 38.5 Å². The van der Waals surface area contributed by atoms with Gasteiger partial charge in [-0.15, -0.1) is 11.3 Å². The highest BCUT2D eigenvalue weighted by molar-refractivity contribution is 7.21. The van der Waals surface area contributed by atoms with Crippen LogP contribution in [0.25, 0.3) is 21.3 Å². The minimum absolute atomic E-state index is 0.143. The van der Waals surface area contributed by atoms with Gasteiger partial charge in [0.1, 0.15) is 21.2 Å². The highest BCUT2D eigenvalue weighted by Crippen LogP contribution is 2.47. The van der Waals surface area contributed by atoms with Crippen LogP contribution in [0.15, 0.2) is 42.5 Å². The quantitative estimate of drug-likeness (QED) is 0.373. The van der Waals surface area contributed by atoms with E-state index in [4.69, 9.17) is 31.8 Å². The van der Waals surface area contributed by atoms with Gasteiger partial charge in [0.2, 0.25) is 5.78 Å². The third-order valence-electron chi connectivity index (χ3n) is 6.21. The predicted octanol–water partition coefficient (Wildman–Crippen LogP) is 5.44. The zero-order valence-corrected chi connectivity index (χ0v) is 20.7. The number of rotatable bonds is 5. The van der Waals surface area contributed by atoms with Crippen LogP contribution in [0.2, 0.25) is 5.02 Å². The molecule has 1 aliphatic rings. The fraction of sp³-hybridized carbons (Fsp3) is 0.231. The summed E-state index contributed by atoms with van der Waals surface area (Å²) in [7, 11) is 5.37. The Balaban J connectivity index is 1.81. The molecule has 0 radical (unpaired) electrons. The third kappa shape index (κ3) is 3.79. The number of likely N-dealkylation sites (N-methyl/N-ethyl adjacent to an activating group) is 1. The number of fused-ring (bicyclic) bond motifs is 2. The van der Waals surface area contributed by atoms with E-state index >= 15 is 0 Å². The van der Waals surface area contributed by atoms with Gasteiger partial charge >= 0.3 is 0 Å². The molecule has 0 unspecified atom stereocenters. The Hall–Kier alpha value is -3.13. The SMILES string of the molecule is COc1ccc(OC)c(-c2c3c(nc4sc(C(=O)c5ccc(Cl)cc5)c(N)c24)CCN(C)C3)c1. The van der Waals surface area contributed by atoms with Crippen LogP contribution < -0.4 is 15.2 Å². The van der Waals surface area contributed by atoms with Crippen molar-refractivity contribution in [2.75, 3.05) is 33.5 Å². The van der Waals surface area contributed by atoms with Gasteiger partial charge in [-0.25, -0.2) is 4.98 Å². The number of halogens is 1. The molecule has 34 heavy (non-hydrogen) atoms. The van der Waals surface area contributed by atoms with Crippen molar-refractivity contribution >= 4 is 44.6 Å². The molecule has 2 aromatic carbocycles. The average Bonchev–Trinajstić information content (AvgIpc) is 3.18. The van der Waals surface area contributed by atoms with Crippen LogP contribution in [-0.2, 0) is 13.0 Å². The second kappa shape index (κ2) is 8.91. The van der Waals surface area contributed by atoms with Crippen LogP contribution in [0.1, 0.15) is 26.5 Å². The molecule has 0 aliphatic carbocycles. The Kier molecular flexibility index (Phi) is 5.93. The number of aromatic nitrogens is 1. The fourth-order valence-electron chi connectivity index (χ4n) is 4.47. The molecule has 0 saturated carbocycles. The Morgan fingerprint density at radius 1 is 1.15 bits per heavy atom. The van der Waals surface area contributed by atoms with Crippen molar-refractivity contribution in [3.05, 3.63) is 69.2 Å². The topological polar surface area (TPSA) is 77.7 Å². The Labute approximate surface area is 206 Å². The Morgan fingerprint density at radius 2 is 1.91 bits per heavy atom. The second-order valence-electron chi connectivity index (χ2n) is 8.33. The number of nitrogen functional groups attached to an aromatic ring is 1. The number of hydrogen-bond acceptors (Lipinski definition) is 7. The molecule has 5 rings (SSSR count). The smallest absolute Gasteiger partial charge is 0.205 e. The van der Waals surface area contributed by atoms with Crippen LogP contribution >= 0.6 is 22.9 Å². The first-order valence-corrected chi connectivity index (χ1v) is 12.1. The van der Waals surface area contributed by atoms with Crippen molar-refractivity contribution in [2.45, 2.75) is 13.0 Å². The van der Waals surface area contributed by atoms with Crippen molar-refractivity contribution in [1.29, 1.82) is 0 Å². The van der Waals surface area contributed by atoms with E-state index in [1.807, 2.05) is 18.2 Å². The number of pyridine rings is 1. The van der Waals surface area contributed by atoms with Crippen LogP contribution in [-0.4, -0.2) is 43.5 Å². The minimum Gasteiger partial charge on any atom is -0.497 e. The first-order valence-electron chi connectivity index (χ1n) is 10.9. The summed E-state index contributed by atoms with van der Waals surface area (Å²) in [4.78, 5) is 21.9. The number of hydrogen-bond donors (Lipinski definition) is 1. The maximum atomic E-state index is 13.4. The summed E-state index contributed by atoms with van der Waals surface area (Å²) in [5.41, 5.74) is 11.6. The molecule has 0 saturated heterocycles. The van der Waals surface area contributed by atoms with E-state index in [0.29, 0.717) is 32.6 Å². The molecule has 2 N–H and O–H groups in total. The number of nitrogens with two attached hydrogens (primary N) is 1. The Bertz CT molecular complexity index is 1420. The number of anilines is 1. The zero-order chi connectivity index (χ0) is 24.0. The van der Waals surface area contributed by atoms with Crippen LogP contribution in [0.4, 0.5) is 5.69 Å². The first kappa shape index (κ1) is 22.7. The molecule has 3 heterocycles. The summed E-state index contributed by atoms with van der Waals surface area (Å²) in [6, 6.07) is 12.6. The number of thiophene rings is 1. The van der Waals surface area contributed by atoms with Gasteiger partial charge in [0, 0.05) is 52.3 Å². The number of carbonyl (C=O) groups is 1. The predicted molar refractivity (Wildman–Crippen MR) is 137 cm³/mol. The molecule has 174 valence electrons. The Morgan fingerprint density at radius 3 is 2.62 bits per heavy atom. The summed E-state index contributed by atoms with van der Waals surface area (Å²) in [6.45, 7) is 1.64. The number of ketones is 1. The fourth-order valence-corrected chi connectivity index (χ4v) is 5.68. The summed E-state index contributed by atoms with van der Waals surface area (Å²) in [6.07, 6.45) is 0.819. The lowest BCUT2D eigenvalue weighted by molar-refractivity contribution is 0.104.